The van der Waals surface area contributed by atoms with Crippen molar-refractivity contribution in [1.29, 1.82) is 0 Å². The second-order valence-electron chi connectivity index (χ2n) is 4.80. The fourth-order valence-corrected chi connectivity index (χ4v) is 2.17. The molecule has 0 spiro atoms. The van der Waals surface area contributed by atoms with E-state index in [0.717, 1.165) is 6.42 Å². The Morgan fingerprint density at radius 3 is 2.83 bits per heavy atom. The topological polar surface area (TPSA) is 78.9 Å². The quantitative estimate of drug-likeness (QED) is 0.652. The maximum Gasteiger partial charge on any atom is 0.320 e. The molecule has 0 aliphatic carbocycles. The van der Waals surface area contributed by atoms with Gasteiger partial charge in [0.2, 0.25) is 5.91 Å². The van der Waals surface area contributed by atoms with Crippen LogP contribution in [0.5, 0.6) is 0 Å². The molecule has 2 N–H and O–H groups in total. The Labute approximate surface area is 107 Å². The van der Waals surface area contributed by atoms with Gasteiger partial charge in [-0.05, 0) is 25.3 Å². The lowest BCUT2D eigenvalue weighted by atomic mass is 9.92. The van der Waals surface area contributed by atoms with E-state index >= 15 is 0 Å². The van der Waals surface area contributed by atoms with Gasteiger partial charge in [-0.2, -0.15) is 0 Å². The standard InChI is InChI=1S/C12H22N2O4/c1-9-3-5-14(10(7-9)12(16)17)8-11(15)13-4-6-18-2/h9-10H,3-8H2,1-2H3,(H,13,15)(H,16,17). The number of nitrogens with one attached hydrogen (secondary N) is 1. The first-order valence-electron chi connectivity index (χ1n) is 6.27. The summed E-state index contributed by atoms with van der Waals surface area (Å²) in [6.07, 6.45) is 1.55. The molecule has 0 bridgehead atoms. The van der Waals surface area contributed by atoms with E-state index in [2.05, 4.69) is 5.32 Å². The highest BCUT2D eigenvalue weighted by Crippen LogP contribution is 2.22. The van der Waals surface area contributed by atoms with Crippen molar-refractivity contribution in [3.63, 3.8) is 0 Å². The van der Waals surface area contributed by atoms with Gasteiger partial charge in [-0.1, -0.05) is 6.92 Å². The molecule has 0 radical (unpaired) electrons. The van der Waals surface area contributed by atoms with Gasteiger partial charge in [0.25, 0.3) is 0 Å². The summed E-state index contributed by atoms with van der Waals surface area (Å²) < 4.78 is 4.83. The summed E-state index contributed by atoms with van der Waals surface area (Å²) in [5.41, 5.74) is 0. The average Bonchev–Trinajstić information content (AvgIpc) is 2.31. The van der Waals surface area contributed by atoms with Crippen molar-refractivity contribution in [2.45, 2.75) is 25.8 Å². The van der Waals surface area contributed by atoms with E-state index in [1.165, 1.54) is 0 Å². The minimum absolute atomic E-state index is 0.146. The van der Waals surface area contributed by atoms with Crippen molar-refractivity contribution in [2.24, 2.45) is 5.92 Å². The monoisotopic (exact) mass is 258 g/mol. The van der Waals surface area contributed by atoms with Crippen molar-refractivity contribution < 1.29 is 19.4 Å². The van der Waals surface area contributed by atoms with Crippen LogP contribution in [0.3, 0.4) is 0 Å². The SMILES string of the molecule is COCCNC(=O)CN1CCC(C)CC1C(=O)O. The Hall–Kier alpha value is -1.14. The zero-order valence-corrected chi connectivity index (χ0v) is 11.0. The summed E-state index contributed by atoms with van der Waals surface area (Å²) in [6.45, 7) is 3.78. The Balaban J connectivity index is 2.43. The maximum absolute atomic E-state index is 11.6. The van der Waals surface area contributed by atoms with E-state index in [0.29, 0.717) is 32.0 Å². The number of nitrogens with zero attached hydrogens (tertiary/aromatic N) is 1. The number of carboxylic acid groups (broad SMARTS) is 1. The number of piperidine rings is 1. The summed E-state index contributed by atoms with van der Waals surface area (Å²) in [5, 5.41) is 11.9. The number of carboxylic acids is 1. The van der Waals surface area contributed by atoms with E-state index in [1.807, 2.05) is 6.92 Å². The van der Waals surface area contributed by atoms with Crippen molar-refractivity contribution >= 4 is 11.9 Å². The summed E-state index contributed by atoms with van der Waals surface area (Å²) in [7, 11) is 1.57. The summed E-state index contributed by atoms with van der Waals surface area (Å²) >= 11 is 0. The average molecular weight is 258 g/mol. The minimum atomic E-state index is -0.841. The fraction of sp³-hybridized carbons (Fsp3) is 0.833. The highest BCUT2D eigenvalue weighted by Gasteiger charge is 2.32. The number of amides is 1. The van der Waals surface area contributed by atoms with Crippen LogP contribution in [0.15, 0.2) is 0 Å². The lowest BCUT2D eigenvalue weighted by molar-refractivity contribution is -0.146. The van der Waals surface area contributed by atoms with Crippen LogP contribution in [0.4, 0.5) is 0 Å². The van der Waals surface area contributed by atoms with Crippen molar-refractivity contribution in [3.8, 4) is 0 Å². The van der Waals surface area contributed by atoms with E-state index in [-0.39, 0.29) is 12.5 Å². The fourth-order valence-electron chi connectivity index (χ4n) is 2.17. The lowest BCUT2D eigenvalue weighted by Gasteiger charge is -2.35. The first kappa shape index (κ1) is 14.9. The van der Waals surface area contributed by atoms with Gasteiger partial charge in [0, 0.05) is 13.7 Å². The Morgan fingerprint density at radius 1 is 1.50 bits per heavy atom. The molecule has 1 aliphatic heterocycles. The molecule has 0 aromatic rings. The molecule has 0 saturated carbocycles. The predicted molar refractivity (Wildman–Crippen MR) is 66.3 cm³/mol. The van der Waals surface area contributed by atoms with E-state index < -0.39 is 12.0 Å². The molecular weight excluding hydrogens is 236 g/mol. The first-order valence-corrected chi connectivity index (χ1v) is 6.27. The Kier molecular flexibility index (Phi) is 6.07. The highest BCUT2D eigenvalue weighted by molar-refractivity contribution is 5.80. The molecule has 1 amide bonds. The second kappa shape index (κ2) is 7.33. The molecule has 1 heterocycles. The Bertz CT molecular complexity index is 296. The smallest absolute Gasteiger partial charge is 0.320 e. The number of rotatable bonds is 6. The number of carbonyl (C=O) groups excluding carboxylic acids is 1. The van der Waals surface area contributed by atoms with Crippen molar-refractivity contribution in [3.05, 3.63) is 0 Å². The second-order valence-corrected chi connectivity index (χ2v) is 4.80. The number of aliphatic carboxylic acids is 1. The number of ether oxygens (including phenoxy) is 1. The van der Waals surface area contributed by atoms with Crippen LogP contribution in [-0.4, -0.2) is 61.3 Å². The summed E-state index contributed by atoms with van der Waals surface area (Å²) in [5.74, 6) is -0.585. The number of carbonyl (C=O) groups is 2. The van der Waals surface area contributed by atoms with Gasteiger partial charge in [0.15, 0.2) is 0 Å². The maximum atomic E-state index is 11.6. The van der Waals surface area contributed by atoms with Crippen LogP contribution in [0.1, 0.15) is 19.8 Å². The molecule has 2 unspecified atom stereocenters. The van der Waals surface area contributed by atoms with Gasteiger partial charge in [-0.15, -0.1) is 0 Å². The third kappa shape index (κ3) is 4.62. The largest absolute Gasteiger partial charge is 0.480 e. The van der Waals surface area contributed by atoms with E-state index in [4.69, 9.17) is 9.84 Å². The molecule has 0 aromatic heterocycles. The number of likely N-dealkylation sites (tertiary alicyclic amines) is 1. The molecule has 6 heteroatoms. The number of hydrogen-bond acceptors (Lipinski definition) is 4. The zero-order valence-electron chi connectivity index (χ0n) is 11.0. The molecule has 1 fully saturated rings. The van der Waals surface area contributed by atoms with Gasteiger partial charge >= 0.3 is 5.97 Å². The molecule has 1 rings (SSSR count). The van der Waals surface area contributed by atoms with E-state index in [1.54, 1.807) is 12.0 Å². The normalized spacial score (nSPS) is 24.8. The third-order valence-electron chi connectivity index (χ3n) is 3.24. The van der Waals surface area contributed by atoms with Gasteiger partial charge in [0.1, 0.15) is 6.04 Å². The van der Waals surface area contributed by atoms with Gasteiger partial charge in [0.05, 0.1) is 13.2 Å². The number of hydrogen-bond donors (Lipinski definition) is 2. The molecule has 18 heavy (non-hydrogen) atoms. The minimum Gasteiger partial charge on any atom is -0.480 e. The summed E-state index contributed by atoms with van der Waals surface area (Å²) in [4.78, 5) is 24.5. The van der Waals surface area contributed by atoms with Crippen LogP contribution in [0, 0.1) is 5.92 Å². The van der Waals surface area contributed by atoms with Crippen LogP contribution >= 0.6 is 0 Å². The molecule has 1 aliphatic rings. The number of methoxy groups -OCH3 is 1. The van der Waals surface area contributed by atoms with Crippen LogP contribution < -0.4 is 5.32 Å². The molecular formula is C12H22N2O4. The van der Waals surface area contributed by atoms with E-state index in [9.17, 15) is 9.59 Å². The van der Waals surface area contributed by atoms with Gasteiger partial charge < -0.3 is 15.2 Å². The molecule has 2 atom stereocenters. The third-order valence-corrected chi connectivity index (χ3v) is 3.24. The van der Waals surface area contributed by atoms with Crippen molar-refractivity contribution in [1.82, 2.24) is 10.2 Å². The lowest BCUT2D eigenvalue weighted by Crippen LogP contribution is -2.50. The van der Waals surface area contributed by atoms with Crippen LogP contribution in [0.25, 0.3) is 0 Å². The molecule has 0 aromatic carbocycles. The molecule has 1 saturated heterocycles. The van der Waals surface area contributed by atoms with Crippen LogP contribution in [-0.2, 0) is 14.3 Å². The highest BCUT2D eigenvalue weighted by atomic mass is 16.5. The van der Waals surface area contributed by atoms with Crippen LogP contribution in [0.2, 0.25) is 0 Å². The molecule has 6 nitrogen and oxygen atoms in total. The van der Waals surface area contributed by atoms with Gasteiger partial charge in [-0.25, -0.2) is 0 Å². The first-order chi connectivity index (χ1) is 8.54. The van der Waals surface area contributed by atoms with Gasteiger partial charge in [-0.3, -0.25) is 14.5 Å². The zero-order chi connectivity index (χ0) is 13.5. The van der Waals surface area contributed by atoms with Crippen molar-refractivity contribution in [2.75, 3.05) is 33.4 Å². The molecule has 104 valence electrons. The summed E-state index contributed by atoms with van der Waals surface area (Å²) in [6, 6.07) is -0.540. The Morgan fingerprint density at radius 2 is 2.22 bits per heavy atom. The predicted octanol–water partition coefficient (Wildman–Crippen LogP) is -0.0659.